The van der Waals surface area contributed by atoms with Crippen LogP contribution in [0.4, 0.5) is 0 Å². The Morgan fingerprint density at radius 1 is 1.00 bits per heavy atom. The number of likely N-dealkylation sites (tertiary alicyclic amines) is 1. The van der Waals surface area contributed by atoms with E-state index in [2.05, 4.69) is 25.7 Å². The first-order valence-electron chi connectivity index (χ1n) is 14.2. The largest absolute Gasteiger partial charge is 0.493 e. The van der Waals surface area contributed by atoms with Crippen molar-refractivity contribution in [3.8, 4) is 11.5 Å². The fraction of sp³-hybridized carbons (Fsp3) is 0.400. The fourth-order valence-electron chi connectivity index (χ4n) is 5.83. The summed E-state index contributed by atoms with van der Waals surface area (Å²) in [6.45, 7) is 5.80. The van der Waals surface area contributed by atoms with Crippen molar-refractivity contribution in [3.05, 3.63) is 63.1 Å². The van der Waals surface area contributed by atoms with Gasteiger partial charge in [0.25, 0.3) is 11.8 Å². The maximum Gasteiger partial charge on any atom is 0.265 e. The lowest BCUT2D eigenvalue weighted by molar-refractivity contribution is -0.124. The van der Waals surface area contributed by atoms with Gasteiger partial charge in [0.1, 0.15) is 22.5 Å². The van der Waals surface area contributed by atoms with Gasteiger partial charge in [0.15, 0.2) is 11.5 Å². The summed E-state index contributed by atoms with van der Waals surface area (Å²) in [5.74, 6) is 0.00494. The number of carbonyl (C=O) groups excluding carboxylic acids is 3. The molecule has 0 aliphatic carbocycles. The van der Waals surface area contributed by atoms with Gasteiger partial charge in [-0.25, -0.2) is 4.98 Å². The number of nitrogens with one attached hydrogen (secondary N) is 2. The second-order valence-electron chi connectivity index (χ2n) is 10.8. The number of carbonyl (C=O) groups is 3. The number of H-pyrrole nitrogens is 1. The molecule has 2 aromatic carbocycles. The second kappa shape index (κ2) is 12.0. The van der Waals surface area contributed by atoms with Crippen LogP contribution in [0.3, 0.4) is 0 Å². The minimum atomic E-state index is -0.450. The molecule has 2 aliphatic rings. The molecule has 3 amide bonds. The van der Waals surface area contributed by atoms with Crippen LogP contribution >= 0.6 is 11.3 Å². The molecule has 0 radical (unpaired) electrons. The molecule has 4 heterocycles. The molecule has 2 bridgehead atoms. The zero-order chi connectivity index (χ0) is 30.1. The van der Waals surface area contributed by atoms with Crippen LogP contribution in [0.15, 0.2) is 36.4 Å². The summed E-state index contributed by atoms with van der Waals surface area (Å²) in [5, 5.41) is 14.6. The monoisotopic (exact) mass is 603 g/mol. The highest BCUT2D eigenvalue weighted by Crippen LogP contribution is 2.38. The third-order valence-corrected chi connectivity index (χ3v) is 9.09. The molecule has 2 aliphatic heterocycles. The van der Waals surface area contributed by atoms with Gasteiger partial charge in [-0.15, -0.1) is 11.3 Å². The van der Waals surface area contributed by atoms with E-state index >= 15 is 0 Å². The van der Waals surface area contributed by atoms with E-state index in [0.717, 1.165) is 10.6 Å². The van der Waals surface area contributed by atoms with Gasteiger partial charge < -0.3 is 24.6 Å². The topological polar surface area (TPSA) is 143 Å². The number of fused-ring (bicyclic) bond motifs is 5. The molecule has 13 heteroatoms. The van der Waals surface area contributed by atoms with Crippen molar-refractivity contribution in [2.75, 3.05) is 46.4 Å². The van der Waals surface area contributed by atoms with Crippen LogP contribution in [-0.2, 0) is 4.79 Å². The zero-order valence-corrected chi connectivity index (χ0v) is 25.1. The number of aromatic amines is 1. The van der Waals surface area contributed by atoms with E-state index in [4.69, 9.17) is 9.47 Å². The number of aromatic nitrogens is 4. The number of hydrogen-bond acceptors (Lipinski definition) is 9. The van der Waals surface area contributed by atoms with Gasteiger partial charge in [-0.3, -0.25) is 14.4 Å². The number of ether oxygens (including phenoxy) is 2. The standard InChI is InChI=1S/C30H33N7O5S/c1-17-27(43-18(2)32-17)30(40)37-15-21-19-6-8-25(41-3)26(14-19)42-12-11-36(10-4-9-31-28(38)22(21)16-37)29(39)20-5-7-23-24(13-20)34-35-33-23/h5-8,13-14,21-22H,4,9-12,15-16H2,1-3H3,(H,31,38)(H,33,34,35)/t21-,22+/m1/s1. The molecule has 1 fully saturated rings. The van der Waals surface area contributed by atoms with E-state index in [1.54, 1.807) is 35.1 Å². The minimum absolute atomic E-state index is 0.107. The van der Waals surface area contributed by atoms with Gasteiger partial charge in [-0.2, -0.15) is 15.4 Å². The van der Waals surface area contributed by atoms with Gasteiger partial charge >= 0.3 is 0 Å². The lowest BCUT2D eigenvalue weighted by Crippen LogP contribution is -2.39. The van der Waals surface area contributed by atoms with E-state index in [9.17, 15) is 14.4 Å². The van der Waals surface area contributed by atoms with Crippen LogP contribution in [-0.4, -0.2) is 94.4 Å². The second-order valence-corrected chi connectivity index (χ2v) is 12.0. The third kappa shape index (κ3) is 5.76. The number of benzene rings is 2. The number of amides is 3. The van der Waals surface area contributed by atoms with Crippen molar-refractivity contribution in [3.63, 3.8) is 0 Å². The van der Waals surface area contributed by atoms with Crippen LogP contribution in [0.5, 0.6) is 11.5 Å². The van der Waals surface area contributed by atoms with Gasteiger partial charge in [0.2, 0.25) is 5.91 Å². The SMILES string of the molecule is COc1ccc2cc1OCCN(C(=O)c1ccc3n[nH]nc3c1)CCCNC(=O)[C@H]1CN(C(=O)c3sc(C)nc3C)C[C@H]21. The normalized spacial score (nSPS) is 19.4. The van der Waals surface area contributed by atoms with Crippen molar-refractivity contribution >= 4 is 40.1 Å². The molecular formula is C30H33N7O5S. The van der Waals surface area contributed by atoms with E-state index < -0.39 is 5.92 Å². The Labute approximate surface area is 252 Å². The van der Waals surface area contributed by atoms with Crippen LogP contribution in [0, 0.1) is 19.8 Å². The van der Waals surface area contributed by atoms with Crippen molar-refractivity contribution in [2.24, 2.45) is 5.92 Å². The van der Waals surface area contributed by atoms with Gasteiger partial charge in [0.05, 0.1) is 30.3 Å². The van der Waals surface area contributed by atoms with Gasteiger partial charge in [-0.05, 0) is 56.2 Å². The van der Waals surface area contributed by atoms with Crippen LogP contribution < -0.4 is 14.8 Å². The summed E-state index contributed by atoms with van der Waals surface area (Å²) in [4.78, 5) is 49.1. The van der Waals surface area contributed by atoms with E-state index in [0.29, 0.717) is 77.8 Å². The predicted molar refractivity (Wildman–Crippen MR) is 160 cm³/mol. The first-order chi connectivity index (χ1) is 20.8. The first kappa shape index (κ1) is 28.6. The van der Waals surface area contributed by atoms with Crippen molar-refractivity contribution in [2.45, 2.75) is 26.2 Å². The van der Waals surface area contributed by atoms with Crippen LogP contribution in [0.25, 0.3) is 11.0 Å². The Morgan fingerprint density at radius 2 is 1.81 bits per heavy atom. The number of aryl methyl sites for hydroxylation is 2. The highest BCUT2D eigenvalue weighted by molar-refractivity contribution is 7.13. The van der Waals surface area contributed by atoms with Crippen molar-refractivity contribution < 1.29 is 23.9 Å². The minimum Gasteiger partial charge on any atom is -0.493 e. The van der Waals surface area contributed by atoms with Gasteiger partial charge in [0, 0.05) is 37.7 Å². The number of rotatable bonds is 3. The molecule has 2 N–H and O–H groups in total. The molecule has 0 saturated carbocycles. The Bertz CT molecular complexity index is 1680. The molecule has 43 heavy (non-hydrogen) atoms. The third-order valence-electron chi connectivity index (χ3n) is 8.03. The number of nitrogens with zero attached hydrogens (tertiary/aromatic N) is 5. The molecular weight excluding hydrogens is 570 g/mol. The molecule has 6 rings (SSSR count). The quantitative estimate of drug-likeness (QED) is 0.364. The Kier molecular flexibility index (Phi) is 7.98. The molecule has 0 unspecified atom stereocenters. The summed E-state index contributed by atoms with van der Waals surface area (Å²) in [6, 6.07) is 10.8. The molecule has 4 aromatic rings. The Balaban J connectivity index is 1.26. The summed E-state index contributed by atoms with van der Waals surface area (Å²) in [6.07, 6.45) is 0.553. The number of hydrogen-bond donors (Lipinski definition) is 2. The molecule has 2 aromatic heterocycles. The fourth-order valence-corrected chi connectivity index (χ4v) is 6.72. The lowest BCUT2D eigenvalue weighted by Gasteiger charge is -2.25. The molecule has 0 spiro atoms. The van der Waals surface area contributed by atoms with E-state index in [1.165, 1.54) is 11.3 Å². The highest BCUT2D eigenvalue weighted by Gasteiger charge is 2.41. The zero-order valence-electron chi connectivity index (χ0n) is 24.3. The maximum absolute atomic E-state index is 13.6. The van der Waals surface area contributed by atoms with Gasteiger partial charge in [-0.1, -0.05) is 6.07 Å². The average Bonchev–Trinajstić information content (AvgIpc) is 3.74. The Morgan fingerprint density at radius 3 is 2.60 bits per heavy atom. The lowest BCUT2D eigenvalue weighted by atomic mass is 9.88. The van der Waals surface area contributed by atoms with E-state index in [-0.39, 0.29) is 30.2 Å². The van der Waals surface area contributed by atoms with Crippen LogP contribution in [0.2, 0.25) is 0 Å². The smallest absolute Gasteiger partial charge is 0.265 e. The van der Waals surface area contributed by atoms with E-state index in [1.807, 2.05) is 32.0 Å². The molecule has 12 nitrogen and oxygen atoms in total. The number of methoxy groups -OCH3 is 1. The summed E-state index contributed by atoms with van der Waals surface area (Å²) in [5.41, 5.74) is 3.37. The molecule has 2 atom stereocenters. The maximum atomic E-state index is 13.6. The Hall–Kier alpha value is -4.52. The highest BCUT2D eigenvalue weighted by atomic mass is 32.1. The first-order valence-corrected chi connectivity index (χ1v) is 15.1. The predicted octanol–water partition coefficient (Wildman–Crippen LogP) is 2.94. The van der Waals surface area contributed by atoms with Crippen LogP contribution in [0.1, 0.15) is 48.6 Å². The summed E-state index contributed by atoms with van der Waals surface area (Å²) in [7, 11) is 1.57. The number of thiazole rings is 1. The molecule has 224 valence electrons. The average molecular weight is 604 g/mol. The van der Waals surface area contributed by atoms with Crippen molar-refractivity contribution in [1.29, 1.82) is 0 Å². The van der Waals surface area contributed by atoms with Crippen molar-refractivity contribution in [1.82, 2.24) is 35.5 Å². The summed E-state index contributed by atoms with van der Waals surface area (Å²) < 4.78 is 11.8. The summed E-state index contributed by atoms with van der Waals surface area (Å²) >= 11 is 1.38. The molecule has 1 saturated heterocycles.